The highest BCUT2D eigenvalue weighted by atomic mass is 32.2. The fourth-order valence-electron chi connectivity index (χ4n) is 1.61. The van der Waals surface area contributed by atoms with Crippen LogP contribution in [0.4, 0.5) is 5.69 Å². The molecule has 4 nitrogen and oxygen atoms in total. The Kier molecular flexibility index (Phi) is 4.32. The van der Waals surface area contributed by atoms with Crippen molar-refractivity contribution in [3.63, 3.8) is 0 Å². The molecule has 0 fully saturated rings. The van der Waals surface area contributed by atoms with E-state index in [2.05, 4.69) is 4.72 Å². The maximum atomic E-state index is 12.4. The molecule has 0 aliphatic rings. The van der Waals surface area contributed by atoms with E-state index >= 15 is 0 Å². The van der Waals surface area contributed by atoms with Crippen LogP contribution in [-0.4, -0.2) is 14.5 Å². The molecule has 1 atom stereocenters. The predicted octanol–water partition coefficient (Wildman–Crippen LogP) is 2.60. The van der Waals surface area contributed by atoms with E-state index in [0.29, 0.717) is 5.69 Å². The quantitative estimate of drug-likeness (QED) is 0.838. The summed E-state index contributed by atoms with van der Waals surface area (Å²) in [5, 5.41) is 0. The number of nitrogens with one attached hydrogen (secondary N) is 1. The number of hydrogen-bond donors (Lipinski definition) is 2. The van der Waals surface area contributed by atoms with Crippen molar-refractivity contribution in [3.8, 4) is 0 Å². The summed E-state index contributed by atoms with van der Waals surface area (Å²) in [6, 6.07) is 3.13. The summed E-state index contributed by atoms with van der Waals surface area (Å²) in [5.74, 6) is 0. The average Bonchev–Trinajstić information content (AvgIpc) is 2.21. The molecule has 0 saturated carbocycles. The van der Waals surface area contributed by atoms with Crippen LogP contribution >= 0.6 is 0 Å². The molecular weight excluding hydrogens is 260 g/mol. The largest absolute Gasteiger partial charge is 0.399 e. The number of rotatable bonds is 3. The zero-order valence-electron chi connectivity index (χ0n) is 12.5. The highest BCUT2D eigenvalue weighted by Crippen LogP contribution is 2.25. The van der Waals surface area contributed by atoms with E-state index in [-0.39, 0.29) is 16.4 Å². The Labute approximate surface area is 116 Å². The first-order valence-electron chi connectivity index (χ1n) is 6.34. The van der Waals surface area contributed by atoms with E-state index in [9.17, 15) is 8.42 Å². The Morgan fingerprint density at radius 2 is 1.74 bits per heavy atom. The van der Waals surface area contributed by atoms with Gasteiger partial charge in [0.2, 0.25) is 10.0 Å². The smallest absolute Gasteiger partial charge is 0.241 e. The number of aryl methyl sites for hydroxylation is 1. The van der Waals surface area contributed by atoms with Gasteiger partial charge in [-0.2, -0.15) is 0 Å². The van der Waals surface area contributed by atoms with E-state index in [1.807, 2.05) is 34.6 Å². The first-order valence-corrected chi connectivity index (χ1v) is 7.82. The van der Waals surface area contributed by atoms with E-state index in [4.69, 9.17) is 5.73 Å². The minimum atomic E-state index is -3.55. The van der Waals surface area contributed by atoms with Crippen LogP contribution in [0.3, 0.4) is 0 Å². The molecule has 0 amide bonds. The van der Waals surface area contributed by atoms with E-state index in [1.165, 1.54) is 6.07 Å². The lowest BCUT2D eigenvalue weighted by Gasteiger charge is -2.28. The third-order valence-electron chi connectivity index (χ3n) is 3.56. The van der Waals surface area contributed by atoms with Gasteiger partial charge in [-0.05, 0) is 49.4 Å². The van der Waals surface area contributed by atoms with Crippen molar-refractivity contribution in [2.75, 3.05) is 5.73 Å². The van der Waals surface area contributed by atoms with Crippen molar-refractivity contribution in [3.05, 3.63) is 23.3 Å². The Hall–Kier alpha value is -1.07. The topological polar surface area (TPSA) is 72.2 Å². The fourth-order valence-corrected chi connectivity index (χ4v) is 3.41. The van der Waals surface area contributed by atoms with Crippen LogP contribution in [0.5, 0.6) is 0 Å². The van der Waals surface area contributed by atoms with Gasteiger partial charge >= 0.3 is 0 Å². The minimum Gasteiger partial charge on any atom is -0.399 e. The first-order chi connectivity index (χ1) is 8.45. The normalized spacial score (nSPS) is 14.4. The lowest BCUT2D eigenvalue weighted by molar-refractivity contribution is 0.317. The van der Waals surface area contributed by atoms with Crippen molar-refractivity contribution >= 4 is 15.7 Å². The first kappa shape index (κ1) is 16.0. The summed E-state index contributed by atoms with van der Waals surface area (Å²) in [5.41, 5.74) is 7.69. The van der Waals surface area contributed by atoms with Crippen molar-refractivity contribution in [1.82, 2.24) is 4.72 Å². The van der Waals surface area contributed by atoms with Crippen LogP contribution in [-0.2, 0) is 10.0 Å². The molecule has 19 heavy (non-hydrogen) atoms. The van der Waals surface area contributed by atoms with E-state index < -0.39 is 10.0 Å². The molecule has 1 aromatic rings. The Morgan fingerprint density at radius 1 is 1.21 bits per heavy atom. The number of nitrogen functional groups attached to an aromatic ring is 1. The number of sulfonamides is 1. The summed E-state index contributed by atoms with van der Waals surface area (Å²) in [7, 11) is -3.55. The fraction of sp³-hybridized carbons (Fsp3) is 0.571. The number of benzene rings is 1. The zero-order chi connectivity index (χ0) is 15.0. The molecule has 0 saturated heterocycles. The molecular formula is C14H24N2O2S. The van der Waals surface area contributed by atoms with Crippen molar-refractivity contribution in [1.29, 1.82) is 0 Å². The maximum absolute atomic E-state index is 12.4. The van der Waals surface area contributed by atoms with Gasteiger partial charge < -0.3 is 5.73 Å². The lowest BCUT2D eigenvalue weighted by Crippen LogP contribution is -2.41. The highest BCUT2D eigenvalue weighted by molar-refractivity contribution is 7.89. The summed E-state index contributed by atoms with van der Waals surface area (Å²) < 4.78 is 27.6. The van der Waals surface area contributed by atoms with Crippen LogP contribution in [0.2, 0.25) is 0 Å². The third kappa shape index (κ3) is 3.70. The second-order valence-electron chi connectivity index (χ2n) is 6.17. The summed E-state index contributed by atoms with van der Waals surface area (Å²) in [6.07, 6.45) is 0. The van der Waals surface area contributed by atoms with Crippen LogP contribution in [0.15, 0.2) is 17.0 Å². The van der Waals surface area contributed by atoms with E-state index in [1.54, 1.807) is 13.0 Å². The van der Waals surface area contributed by atoms with Crippen LogP contribution in [0.25, 0.3) is 0 Å². The molecule has 108 valence electrons. The van der Waals surface area contributed by atoms with Crippen molar-refractivity contribution in [2.45, 2.75) is 52.5 Å². The van der Waals surface area contributed by atoms with Gasteiger partial charge in [0.05, 0.1) is 4.90 Å². The zero-order valence-corrected chi connectivity index (χ0v) is 13.4. The van der Waals surface area contributed by atoms with Gasteiger partial charge in [-0.3, -0.25) is 0 Å². The van der Waals surface area contributed by atoms with Gasteiger partial charge in [0, 0.05) is 11.7 Å². The van der Waals surface area contributed by atoms with E-state index in [0.717, 1.165) is 11.1 Å². The Balaban J connectivity index is 3.22. The van der Waals surface area contributed by atoms with Crippen molar-refractivity contribution in [2.24, 2.45) is 5.41 Å². The van der Waals surface area contributed by atoms with Gasteiger partial charge in [0.1, 0.15) is 0 Å². The Bertz CT molecular complexity index is 572. The standard InChI is InChI=1S/C14H24N2O2S/c1-9-7-12(15)8-13(10(9)2)19(17,18)16-11(3)14(4,5)6/h7-8,11,16H,15H2,1-6H3. The molecule has 0 radical (unpaired) electrons. The molecule has 3 N–H and O–H groups in total. The second kappa shape index (κ2) is 5.13. The van der Waals surface area contributed by atoms with Crippen LogP contribution in [0, 0.1) is 19.3 Å². The monoisotopic (exact) mass is 284 g/mol. The van der Waals surface area contributed by atoms with Crippen LogP contribution in [0.1, 0.15) is 38.8 Å². The second-order valence-corrected chi connectivity index (χ2v) is 7.85. The van der Waals surface area contributed by atoms with Gasteiger partial charge in [-0.25, -0.2) is 13.1 Å². The molecule has 0 bridgehead atoms. The molecule has 1 rings (SSSR count). The van der Waals surface area contributed by atoms with Gasteiger partial charge in [-0.1, -0.05) is 20.8 Å². The molecule has 0 heterocycles. The third-order valence-corrected chi connectivity index (χ3v) is 5.23. The van der Waals surface area contributed by atoms with Gasteiger partial charge in [-0.15, -0.1) is 0 Å². The molecule has 0 aliphatic carbocycles. The number of anilines is 1. The molecule has 0 spiro atoms. The summed E-state index contributed by atoms with van der Waals surface area (Å²) in [4.78, 5) is 0.265. The minimum absolute atomic E-state index is 0.143. The highest BCUT2D eigenvalue weighted by Gasteiger charge is 2.27. The van der Waals surface area contributed by atoms with Gasteiger partial charge in [0.15, 0.2) is 0 Å². The van der Waals surface area contributed by atoms with Gasteiger partial charge in [0.25, 0.3) is 0 Å². The van der Waals surface area contributed by atoms with Crippen molar-refractivity contribution < 1.29 is 8.42 Å². The maximum Gasteiger partial charge on any atom is 0.241 e. The molecule has 0 aliphatic heterocycles. The summed E-state index contributed by atoms with van der Waals surface area (Å²) >= 11 is 0. The predicted molar refractivity (Wildman–Crippen MR) is 79.6 cm³/mol. The molecule has 1 aromatic carbocycles. The number of nitrogens with two attached hydrogens (primary N) is 1. The molecule has 0 aromatic heterocycles. The molecule has 1 unspecified atom stereocenters. The molecule has 5 heteroatoms. The average molecular weight is 284 g/mol. The number of hydrogen-bond acceptors (Lipinski definition) is 3. The SMILES string of the molecule is Cc1cc(N)cc(S(=O)(=O)NC(C)C(C)(C)C)c1C. The van der Waals surface area contributed by atoms with Crippen LogP contribution < -0.4 is 10.5 Å². The summed E-state index contributed by atoms with van der Waals surface area (Å²) in [6.45, 7) is 11.5. The Morgan fingerprint density at radius 3 is 2.21 bits per heavy atom. The lowest BCUT2D eigenvalue weighted by atomic mass is 9.89.